The molecule has 0 unspecified atom stereocenters. The molecular formula is C24H26O4. The Kier molecular flexibility index (Phi) is 6.33. The molecule has 0 spiro atoms. The number of hydrogen-bond acceptors (Lipinski definition) is 4. The fourth-order valence-corrected chi connectivity index (χ4v) is 3.66. The van der Waals surface area contributed by atoms with Crippen LogP contribution in [0, 0.1) is 0 Å². The highest BCUT2D eigenvalue weighted by molar-refractivity contribution is 5.91. The lowest BCUT2D eigenvalue weighted by molar-refractivity contribution is -0.140. The van der Waals surface area contributed by atoms with Crippen LogP contribution in [0.15, 0.2) is 69.5 Å². The molecule has 1 aromatic carbocycles. The molecular weight excluding hydrogens is 352 g/mol. The van der Waals surface area contributed by atoms with Gasteiger partial charge in [-0.15, -0.1) is 5.73 Å². The van der Waals surface area contributed by atoms with Crippen molar-refractivity contribution >= 4 is 11.9 Å². The van der Waals surface area contributed by atoms with Crippen molar-refractivity contribution in [3.05, 3.63) is 75.1 Å². The topological polar surface area (TPSA) is 52.6 Å². The van der Waals surface area contributed by atoms with Crippen LogP contribution in [-0.2, 0) is 25.7 Å². The van der Waals surface area contributed by atoms with Gasteiger partial charge in [-0.3, -0.25) is 0 Å². The van der Waals surface area contributed by atoms with Gasteiger partial charge in [0, 0.05) is 24.0 Å². The lowest BCUT2D eigenvalue weighted by Crippen LogP contribution is -2.07. The lowest BCUT2D eigenvalue weighted by Gasteiger charge is -2.06. The van der Waals surface area contributed by atoms with Crippen molar-refractivity contribution in [2.75, 3.05) is 6.61 Å². The van der Waals surface area contributed by atoms with E-state index in [-0.39, 0.29) is 18.5 Å². The summed E-state index contributed by atoms with van der Waals surface area (Å²) in [7, 11) is 0. The molecule has 0 amide bonds. The van der Waals surface area contributed by atoms with Gasteiger partial charge in [0.2, 0.25) is 0 Å². The molecule has 2 aliphatic carbocycles. The van der Waals surface area contributed by atoms with Crippen molar-refractivity contribution in [1.82, 2.24) is 0 Å². The van der Waals surface area contributed by atoms with E-state index in [4.69, 9.17) is 9.47 Å². The van der Waals surface area contributed by atoms with Crippen molar-refractivity contribution in [2.24, 2.45) is 0 Å². The molecule has 146 valence electrons. The molecule has 0 aromatic heterocycles. The van der Waals surface area contributed by atoms with Crippen LogP contribution in [0.4, 0.5) is 0 Å². The van der Waals surface area contributed by atoms with Crippen molar-refractivity contribution in [1.29, 1.82) is 0 Å². The SMILES string of the molecule is CCOC(=O)C1=C(C)CC(=C=C2CC(C)=C(C(=O)OCc3ccccc3)C2)C1. The molecule has 28 heavy (non-hydrogen) atoms. The van der Waals surface area contributed by atoms with Crippen LogP contribution in [0.2, 0.25) is 0 Å². The van der Waals surface area contributed by atoms with Gasteiger partial charge in [-0.05, 0) is 50.3 Å². The zero-order valence-corrected chi connectivity index (χ0v) is 16.8. The molecule has 0 aliphatic heterocycles. The Labute approximate surface area is 166 Å². The minimum atomic E-state index is -0.254. The summed E-state index contributed by atoms with van der Waals surface area (Å²) in [6, 6.07) is 9.67. The zero-order chi connectivity index (χ0) is 20.1. The predicted molar refractivity (Wildman–Crippen MR) is 107 cm³/mol. The Balaban J connectivity index is 1.64. The van der Waals surface area contributed by atoms with Crippen LogP contribution in [0.5, 0.6) is 0 Å². The van der Waals surface area contributed by atoms with Crippen LogP contribution < -0.4 is 0 Å². The van der Waals surface area contributed by atoms with E-state index in [1.54, 1.807) is 0 Å². The Morgan fingerprint density at radius 1 is 0.857 bits per heavy atom. The van der Waals surface area contributed by atoms with E-state index in [1.165, 1.54) is 0 Å². The molecule has 0 radical (unpaired) electrons. The molecule has 1 aromatic rings. The highest BCUT2D eigenvalue weighted by Crippen LogP contribution is 2.35. The standard InChI is InChI=1S/C24H26O4/c1-4-27-23(25)21-13-19(10-16(21)2)12-20-11-17(3)22(14-20)24(26)28-15-18-8-6-5-7-9-18/h5-9H,4,10-11,13-15H2,1-3H3. The molecule has 0 atom stereocenters. The maximum atomic E-state index is 12.5. The normalized spacial score (nSPS) is 16.5. The second-order valence-electron chi connectivity index (χ2n) is 7.34. The van der Waals surface area contributed by atoms with Gasteiger partial charge in [-0.2, -0.15) is 0 Å². The second kappa shape index (κ2) is 8.90. The molecule has 0 N–H and O–H groups in total. The van der Waals surface area contributed by atoms with E-state index in [0.717, 1.165) is 51.8 Å². The molecule has 0 bridgehead atoms. The van der Waals surface area contributed by atoms with Gasteiger partial charge in [-0.1, -0.05) is 41.5 Å². The third-order valence-corrected chi connectivity index (χ3v) is 5.10. The minimum Gasteiger partial charge on any atom is -0.463 e. The smallest absolute Gasteiger partial charge is 0.334 e. The third-order valence-electron chi connectivity index (χ3n) is 5.10. The molecule has 4 nitrogen and oxygen atoms in total. The molecule has 0 heterocycles. The molecule has 0 saturated heterocycles. The van der Waals surface area contributed by atoms with Crippen LogP contribution in [0.1, 0.15) is 52.0 Å². The molecule has 4 heteroatoms. The summed E-state index contributed by atoms with van der Waals surface area (Å²) in [6.45, 7) is 6.42. The monoisotopic (exact) mass is 378 g/mol. The number of ether oxygens (including phenoxy) is 2. The van der Waals surface area contributed by atoms with Crippen molar-refractivity contribution in [2.45, 2.75) is 53.1 Å². The Morgan fingerprint density at radius 2 is 1.39 bits per heavy atom. The van der Waals surface area contributed by atoms with E-state index < -0.39 is 0 Å². The molecule has 3 rings (SSSR count). The van der Waals surface area contributed by atoms with Crippen molar-refractivity contribution in [3.63, 3.8) is 0 Å². The maximum absolute atomic E-state index is 12.5. The van der Waals surface area contributed by atoms with Crippen molar-refractivity contribution < 1.29 is 19.1 Å². The number of carbonyl (C=O) groups excluding carboxylic acids is 2. The number of esters is 2. The van der Waals surface area contributed by atoms with Crippen LogP contribution in [-0.4, -0.2) is 18.5 Å². The average molecular weight is 378 g/mol. The number of allylic oxidation sites excluding steroid dienone is 3. The first-order chi connectivity index (χ1) is 13.5. The van der Waals surface area contributed by atoms with E-state index in [9.17, 15) is 9.59 Å². The van der Waals surface area contributed by atoms with Crippen molar-refractivity contribution in [3.8, 4) is 0 Å². The zero-order valence-electron chi connectivity index (χ0n) is 16.8. The Hall–Kier alpha value is -2.84. The first-order valence-corrected chi connectivity index (χ1v) is 9.69. The van der Waals surface area contributed by atoms with Crippen LogP contribution in [0.3, 0.4) is 0 Å². The summed E-state index contributed by atoms with van der Waals surface area (Å²) in [6.07, 6.45) is 2.62. The van der Waals surface area contributed by atoms with Gasteiger partial charge < -0.3 is 9.47 Å². The van der Waals surface area contributed by atoms with Gasteiger partial charge >= 0.3 is 11.9 Å². The van der Waals surface area contributed by atoms with Gasteiger partial charge in [-0.25, -0.2) is 9.59 Å². The molecule has 0 saturated carbocycles. The number of rotatable bonds is 5. The van der Waals surface area contributed by atoms with E-state index in [2.05, 4.69) is 5.73 Å². The minimum absolute atomic E-state index is 0.229. The quantitative estimate of drug-likeness (QED) is 0.536. The fourth-order valence-electron chi connectivity index (χ4n) is 3.66. The highest BCUT2D eigenvalue weighted by Gasteiger charge is 2.25. The third kappa shape index (κ3) is 4.71. The summed E-state index contributed by atoms with van der Waals surface area (Å²) in [4.78, 5) is 24.5. The Bertz CT molecular complexity index is 909. The maximum Gasteiger partial charge on any atom is 0.334 e. The number of carbonyl (C=O) groups is 2. The lowest BCUT2D eigenvalue weighted by atomic mass is 10.1. The number of benzene rings is 1. The van der Waals surface area contributed by atoms with E-state index >= 15 is 0 Å². The summed E-state index contributed by atoms with van der Waals surface area (Å²) in [5.74, 6) is -0.483. The van der Waals surface area contributed by atoms with Crippen LogP contribution >= 0.6 is 0 Å². The van der Waals surface area contributed by atoms with Gasteiger partial charge in [0.1, 0.15) is 6.61 Å². The first kappa shape index (κ1) is 19.9. The number of hydrogen-bond donors (Lipinski definition) is 0. The Morgan fingerprint density at radius 3 is 1.93 bits per heavy atom. The van der Waals surface area contributed by atoms with Crippen LogP contribution in [0.25, 0.3) is 0 Å². The van der Waals surface area contributed by atoms with E-state index in [0.29, 0.717) is 19.4 Å². The van der Waals surface area contributed by atoms with Gasteiger partial charge in [0.15, 0.2) is 0 Å². The summed E-state index contributed by atoms with van der Waals surface area (Å²) >= 11 is 0. The first-order valence-electron chi connectivity index (χ1n) is 9.69. The van der Waals surface area contributed by atoms with E-state index in [1.807, 2.05) is 51.1 Å². The summed E-state index contributed by atoms with van der Waals surface area (Å²) in [5.41, 5.74) is 10.2. The average Bonchev–Trinajstić information content (AvgIpc) is 3.23. The largest absolute Gasteiger partial charge is 0.463 e. The predicted octanol–water partition coefficient (Wildman–Crippen LogP) is 4.97. The summed E-state index contributed by atoms with van der Waals surface area (Å²) in [5, 5.41) is 0. The van der Waals surface area contributed by atoms with Gasteiger partial charge in [0.25, 0.3) is 0 Å². The molecule has 2 aliphatic rings. The molecule has 0 fully saturated rings. The van der Waals surface area contributed by atoms with Gasteiger partial charge in [0.05, 0.1) is 6.61 Å². The fraction of sp³-hybridized carbons (Fsp3) is 0.375. The second-order valence-corrected chi connectivity index (χ2v) is 7.34. The highest BCUT2D eigenvalue weighted by atomic mass is 16.5. The summed E-state index contributed by atoms with van der Waals surface area (Å²) < 4.78 is 10.6.